The molecule has 1 atom stereocenters. The molecule has 0 spiro atoms. The number of hydrogen-bond donors (Lipinski definition) is 2. The Morgan fingerprint density at radius 3 is 2.67 bits per heavy atom. The van der Waals surface area contributed by atoms with Crippen LogP contribution >= 0.6 is 0 Å². The maximum absolute atomic E-state index is 10.7. The van der Waals surface area contributed by atoms with Gasteiger partial charge in [-0.05, 0) is 37.6 Å². The molecule has 0 aromatic heterocycles. The Morgan fingerprint density at radius 1 is 1.47 bits per heavy atom. The van der Waals surface area contributed by atoms with Gasteiger partial charge in [0.1, 0.15) is 0 Å². The van der Waals surface area contributed by atoms with Gasteiger partial charge >= 0.3 is 5.97 Å². The summed E-state index contributed by atoms with van der Waals surface area (Å²) in [4.78, 5) is 10.7. The molecule has 0 saturated carbocycles. The van der Waals surface area contributed by atoms with Gasteiger partial charge < -0.3 is 10.4 Å². The molecule has 3 heteroatoms. The summed E-state index contributed by atoms with van der Waals surface area (Å²) in [7, 11) is 1.79. The molecule has 0 aliphatic carbocycles. The van der Waals surface area contributed by atoms with Gasteiger partial charge in [-0.3, -0.25) is 4.79 Å². The number of aliphatic carboxylic acids is 1. The third kappa shape index (κ3) is 2.80. The highest BCUT2D eigenvalue weighted by Crippen LogP contribution is 2.22. The fourth-order valence-corrected chi connectivity index (χ4v) is 1.69. The SMILES string of the molecule is CNC(CC(=O)O)c1cccc(C)c1C. The molecule has 1 unspecified atom stereocenters. The molecule has 0 aliphatic heterocycles. The molecule has 0 heterocycles. The average molecular weight is 207 g/mol. The Hall–Kier alpha value is -1.35. The van der Waals surface area contributed by atoms with E-state index in [1.165, 1.54) is 5.56 Å². The summed E-state index contributed by atoms with van der Waals surface area (Å²) in [6.45, 7) is 4.06. The van der Waals surface area contributed by atoms with E-state index in [1.54, 1.807) is 7.05 Å². The third-order valence-corrected chi connectivity index (χ3v) is 2.75. The van der Waals surface area contributed by atoms with Gasteiger partial charge in [0, 0.05) is 6.04 Å². The normalized spacial score (nSPS) is 12.5. The molecule has 1 rings (SSSR count). The van der Waals surface area contributed by atoms with Crippen molar-refractivity contribution in [1.29, 1.82) is 0 Å². The van der Waals surface area contributed by atoms with Crippen molar-refractivity contribution in [1.82, 2.24) is 5.32 Å². The predicted octanol–water partition coefficient (Wildman–Crippen LogP) is 2.04. The first-order valence-corrected chi connectivity index (χ1v) is 5.01. The lowest BCUT2D eigenvalue weighted by Crippen LogP contribution is -2.20. The number of rotatable bonds is 4. The standard InChI is InChI=1S/C12H17NO2/c1-8-5-4-6-10(9(8)2)11(13-3)7-12(14)15/h4-6,11,13H,7H2,1-3H3,(H,14,15). The van der Waals surface area contributed by atoms with Crippen LogP contribution in [-0.4, -0.2) is 18.1 Å². The van der Waals surface area contributed by atoms with Crippen molar-refractivity contribution in [2.24, 2.45) is 0 Å². The van der Waals surface area contributed by atoms with Gasteiger partial charge in [-0.15, -0.1) is 0 Å². The maximum Gasteiger partial charge on any atom is 0.305 e. The van der Waals surface area contributed by atoms with Crippen LogP contribution < -0.4 is 5.32 Å². The van der Waals surface area contributed by atoms with Crippen LogP contribution in [0.2, 0.25) is 0 Å². The van der Waals surface area contributed by atoms with E-state index < -0.39 is 5.97 Å². The van der Waals surface area contributed by atoms with Crippen LogP contribution in [0.5, 0.6) is 0 Å². The van der Waals surface area contributed by atoms with E-state index in [9.17, 15) is 4.79 Å². The predicted molar refractivity (Wildman–Crippen MR) is 60.0 cm³/mol. The molecule has 2 N–H and O–H groups in total. The van der Waals surface area contributed by atoms with Gasteiger partial charge in [-0.2, -0.15) is 0 Å². The van der Waals surface area contributed by atoms with Crippen LogP contribution in [0.4, 0.5) is 0 Å². The van der Waals surface area contributed by atoms with Crippen LogP contribution in [0.15, 0.2) is 18.2 Å². The number of aryl methyl sites for hydroxylation is 1. The zero-order chi connectivity index (χ0) is 11.4. The Kier molecular flexibility index (Phi) is 3.86. The smallest absolute Gasteiger partial charge is 0.305 e. The summed E-state index contributed by atoms with van der Waals surface area (Å²) in [6, 6.07) is 5.87. The maximum atomic E-state index is 10.7. The number of carboxylic acids is 1. The number of carbonyl (C=O) groups is 1. The molecular weight excluding hydrogens is 190 g/mol. The Morgan fingerprint density at radius 2 is 2.13 bits per heavy atom. The second-order valence-corrected chi connectivity index (χ2v) is 3.73. The summed E-state index contributed by atoms with van der Waals surface area (Å²) in [5.41, 5.74) is 3.43. The lowest BCUT2D eigenvalue weighted by Gasteiger charge is -2.18. The minimum absolute atomic E-state index is 0.109. The number of carboxylic acid groups (broad SMARTS) is 1. The third-order valence-electron chi connectivity index (χ3n) is 2.75. The van der Waals surface area contributed by atoms with E-state index in [0.29, 0.717) is 0 Å². The highest BCUT2D eigenvalue weighted by molar-refractivity contribution is 5.68. The van der Waals surface area contributed by atoms with Crippen molar-refractivity contribution in [3.63, 3.8) is 0 Å². The van der Waals surface area contributed by atoms with E-state index in [0.717, 1.165) is 11.1 Å². The van der Waals surface area contributed by atoms with Crippen LogP contribution in [0, 0.1) is 13.8 Å². The quantitative estimate of drug-likeness (QED) is 0.794. The Balaban J connectivity index is 3.01. The van der Waals surface area contributed by atoms with Crippen LogP contribution in [0.25, 0.3) is 0 Å². The van der Waals surface area contributed by atoms with Crippen LogP contribution in [0.1, 0.15) is 29.2 Å². The van der Waals surface area contributed by atoms with E-state index in [2.05, 4.69) is 5.32 Å². The second kappa shape index (κ2) is 4.94. The van der Waals surface area contributed by atoms with Crippen molar-refractivity contribution < 1.29 is 9.90 Å². The molecule has 1 aromatic rings. The molecule has 3 nitrogen and oxygen atoms in total. The molecule has 0 bridgehead atoms. The van der Waals surface area contributed by atoms with Gasteiger partial charge in [0.15, 0.2) is 0 Å². The minimum atomic E-state index is -0.782. The number of benzene rings is 1. The van der Waals surface area contributed by atoms with Gasteiger partial charge in [0.05, 0.1) is 6.42 Å². The van der Waals surface area contributed by atoms with Crippen molar-refractivity contribution in [3.8, 4) is 0 Å². The molecule has 0 fully saturated rings. The van der Waals surface area contributed by atoms with Crippen molar-refractivity contribution in [2.75, 3.05) is 7.05 Å². The van der Waals surface area contributed by atoms with E-state index in [4.69, 9.17) is 5.11 Å². The first-order valence-electron chi connectivity index (χ1n) is 5.01. The van der Waals surface area contributed by atoms with Crippen molar-refractivity contribution in [2.45, 2.75) is 26.3 Å². The van der Waals surface area contributed by atoms with E-state index in [1.807, 2.05) is 32.0 Å². The molecule has 1 aromatic carbocycles. The van der Waals surface area contributed by atoms with Gasteiger partial charge in [0.2, 0.25) is 0 Å². The summed E-state index contributed by atoms with van der Waals surface area (Å²) in [5.74, 6) is -0.782. The van der Waals surface area contributed by atoms with Gasteiger partial charge in [-0.1, -0.05) is 18.2 Å². The molecule has 0 amide bonds. The first kappa shape index (κ1) is 11.7. The second-order valence-electron chi connectivity index (χ2n) is 3.73. The first-order chi connectivity index (χ1) is 7.06. The monoisotopic (exact) mass is 207 g/mol. The van der Waals surface area contributed by atoms with Crippen LogP contribution in [0.3, 0.4) is 0 Å². The topological polar surface area (TPSA) is 49.3 Å². The molecule has 0 radical (unpaired) electrons. The summed E-state index contributed by atoms with van der Waals surface area (Å²) in [6.07, 6.45) is 0.112. The number of nitrogens with one attached hydrogen (secondary N) is 1. The van der Waals surface area contributed by atoms with Gasteiger partial charge in [0.25, 0.3) is 0 Å². The summed E-state index contributed by atoms with van der Waals surface area (Å²) >= 11 is 0. The summed E-state index contributed by atoms with van der Waals surface area (Å²) in [5, 5.41) is 11.8. The number of hydrogen-bond acceptors (Lipinski definition) is 2. The fraction of sp³-hybridized carbons (Fsp3) is 0.417. The molecular formula is C12H17NO2. The minimum Gasteiger partial charge on any atom is -0.481 e. The zero-order valence-electron chi connectivity index (χ0n) is 9.37. The molecule has 0 saturated heterocycles. The molecule has 82 valence electrons. The van der Waals surface area contributed by atoms with Crippen LogP contribution in [-0.2, 0) is 4.79 Å². The fourth-order valence-electron chi connectivity index (χ4n) is 1.69. The highest BCUT2D eigenvalue weighted by atomic mass is 16.4. The largest absolute Gasteiger partial charge is 0.481 e. The van der Waals surface area contributed by atoms with E-state index >= 15 is 0 Å². The Labute approximate surface area is 90.1 Å². The van der Waals surface area contributed by atoms with Crippen molar-refractivity contribution in [3.05, 3.63) is 34.9 Å². The molecule has 15 heavy (non-hydrogen) atoms. The highest BCUT2D eigenvalue weighted by Gasteiger charge is 2.15. The van der Waals surface area contributed by atoms with E-state index in [-0.39, 0.29) is 12.5 Å². The average Bonchev–Trinajstić information content (AvgIpc) is 2.19. The zero-order valence-corrected chi connectivity index (χ0v) is 9.37. The summed E-state index contributed by atoms with van der Waals surface area (Å²) < 4.78 is 0. The lowest BCUT2D eigenvalue weighted by molar-refractivity contribution is -0.137. The van der Waals surface area contributed by atoms with Gasteiger partial charge in [-0.25, -0.2) is 0 Å². The Bertz CT molecular complexity index is 361. The van der Waals surface area contributed by atoms with Crippen molar-refractivity contribution >= 4 is 5.97 Å². The lowest BCUT2D eigenvalue weighted by atomic mass is 9.96. The molecule has 0 aliphatic rings.